The van der Waals surface area contributed by atoms with Crippen molar-refractivity contribution >= 4 is 55.6 Å². The summed E-state index contributed by atoms with van der Waals surface area (Å²) in [6.45, 7) is 2.85. The summed E-state index contributed by atoms with van der Waals surface area (Å²) in [6.07, 6.45) is 1.51. The molecule has 3 rings (SSSR count). The number of nitrogens with zero attached hydrogens (tertiary/aromatic N) is 1. The van der Waals surface area contributed by atoms with Crippen LogP contribution in [0.15, 0.2) is 74.7 Å². The lowest BCUT2D eigenvalue weighted by atomic mass is 10.2. The fraction of sp³-hybridized carbons (Fsp3) is 0.222. The number of carbonyl (C=O) groups is 2. The summed E-state index contributed by atoms with van der Waals surface area (Å²) < 4.78 is 18.5. The quantitative estimate of drug-likeness (QED) is 0.187. The number of hydrogen-bond donors (Lipinski definition) is 2. The van der Waals surface area contributed by atoms with Gasteiger partial charge in [-0.25, -0.2) is 5.43 Å². The van der Waals surface area contributed by atoms with E-state index < -0.39 is 0 Å². The third-order valence-corrected chi connectivity index (χ3v) is 6.10. The van der Waals surface area contributed by atoms with Crippen LogP contribution in [0.25, 0.3) is 0 Å². The molecule has 0 aliphatic rings. The van der Waals surface area contributed by atoms with E-state index in [4.69, 9.17) is 14.2 Å². The van der Waals surface area contributed by atoms with Crippen molar-refractivity contribution in [3.8, 4) is 17.2 Å². The van der Waals surface area contributed by atoms with Crippen molar-refractivity contribution in [1.82, 2.24) is 5.43 Å². The van der Waals surface area contributed by atoms with Crippen molar-refractivity contribution in [3.05, 3.63) is 80.7 Å². The molecule has 194 valence electrons. The van der Waals surface area contributed by atoms with Crippen LogP contribution in [0.1, 0.15) is 30.9 Å². The first-order valence-electron chi connectivity index (χ1n) is 11.5. The van der Waals surface area contributed by atoms with Gasteiger partial charge in [-0.15, -0.1) is 0 Å². The molecule has 0 aliphatic carbocycles. The molecule has 0 unspecified atom stereocenters. The zero-order valence-electron chi connectivity index (χ0n) is 20.4. The van der Waals surface area contributed by atoms with Gasteiger partial charge in [0.15, 0.2) is 11.5 Å². The highest BCUT2D eigenvalue weighted by atomic mass is 79.9. The molecule has 0 bridgehead atoms. The normalized spacial score (nSPS) is 10.7. The van der Waals surface area contributed by atoms with Gasteiger partial charge in [0, 0.05) is 23.0 Å². The number of hydrazone groups is 1. The molecule has 0 atom stereocenters. The largest absolute Gasteiger partial charge is 0.494 e. The molecule has 0 aliphatic heterocycles. The van der Waals surface area contributed by atoms with Crippen LogP contribution < -0.4 is 25.0 Å². The van der Waals surface area contributed by atoms with Gasteiger partial charge in [0.05, 0.1) is 24.4 Å². The molecule has 0 saturated heterocycles. The number of hydrogen-bond acceptors (Lipinski definition) is 6. The molecule has 0 heterocycles. The monoisotopic (exact) mass is 631 g/mol. The Kier molecular flexibility index (Phi) is 11.0. The van der Waals surface area contributed by atoms with Crippen molar-refractivity contribution in [1.29, 1.82) is 0 Å². The maximum atomic E-state index is 12.1. The minimum absolute atomic E-state index is 0.00392. The van der Waals surface area contributed by atoms with Gasteiger partial charge in [-0.05, 0) is 82.5 Å². The van der Waals surface area contributed by atoms with E-state index in [9.17, 15) is 9.59 Å². The summed E-state index contributed by atoms with van der Waals surface area (Å²) in [7, 11) is 1.55. The van der Waals surface area contributed by atoms with E-state index in [1.807, 2.05) is 31.2 Å². The second kappa shape index (κ2) is 14.4. The van der Waals surface area contributed by atoms with E-state index in [-0.39, 0.29) is 24.7 Å². The second-order valence-electron chi connectivity index (χ2n) is 7.75. The SMILES string of the molecule is CCOc1ccc(NC(=O)CCC(=O)NN=Cc2cc(Br)c(OCc3ccc(Br)cc3)c(OC)c2)cc1. The molecule has 37 heavy (non-hydrogen) atoms. The Balaban J connectivity index is 1.48. The van der Waals surface area contributed by atoms with E-state index in [2.05, 4.69) is 47.7 Å². The van der Waals surface area contributed by atoms with E-state index in [0.717, 1.165) is 15.8 Å². The van der Waals surface area contributed by atoms with Crippen LogP contribution in [0.4, 0.5) is 5.69 Å². The lowest BCUT2D eigenvalue weighted by Crippen LogP contribution is -2.20. The lowest BCUT2D eigenvalue weighted by Gasteiger charge is -2.13. The number of methoxy groups -OCH3 is 1. The average Bonchev–Trinajstić information content (AvgIpc) is 2.89. The van der Waals surface area contributed by atoms with Crippen LogP contribution in [0.2, 0.25) is 0 Å². The number of nitrogens with one attached hydrogen (secondary N) is 2. The van der Waals surface area contributed by atoms with Gasteiger partial charge >= 0.3 is 0 Å². The third kappa shape index (κ3) is 9.22. The molecule has 0 spiro atoms. The van der Waals surface area contributed by atoms with Crippen molar-refractivity contribution < 1.29 is 23.8 Å². The highest BCUT2D eigenvalue weighted by Gasteiger charge is 2.12. The van der Waals surface area contributed by atoms with Gasteiger partial charge in [-0.3, -0.25) is 9.59 Å². The molecule has 3 aromatic carbocycles. The Morgan fingerprint density at radius 2 is 1.65 bits per heavy atom. The minimum Gasteiger partial charge on any atom is -0.494 e. The molecule has 0 saturated carbocycles. The molecular weight excluding hydrogens is 606 g/mol. The van der Waals surface area contributed by atoms with Gasteiger partial charge in [-0.2, -0.15) is 5.10 Å². The van der Waals surface area contributed by atoms with Gasteiger partial charge < -0.3 is 19.5 Å². The smallest absolute Gasteiger partial charge is 0.240 e. The Hall–Kier alpha value is -3.37. The standard InChI is InChI=1S/C27H27Br2N3O5/c1-3-36-22-10-8-21(9-11-22)31-25(33)12-13-26(34)32-30-16-19-14-23(29)27(24(15-19)35-2)37-17-18-4-6-20(28)7-5-18/h4-11,14-16H,3,12-13,17H2,1-2H3,(H,31,33)(H,32,34). The molecule has 2 N–H and O–H groups in total. The molecule has 2 amide bonds. The van der Waals surface area contributed by atoms with E-state index in [1.54, 1.807) is 43.5 Å². The summed E-state index contributed by atoms with van der Waals surface area (Å²) in [5.74, 6) is 1.16. The summed E-state index contributed by atoms with van der Waals surface area (Å²) in [5, 5.41) is 6.74. The number of amides is 2. The molecule has 10 heteroatoms. The number of benzene rings is 3. The number of carbonyl (C=O) groups excluding carboxylic acids is 2. The van der Waals surface area contributed by atoms with Gasteiger partial charge in [-0.1, -0.05) is 28.1 Å². The summed E-state index contributed by atoms with van der Waals surface area (Å²) in [4.78, 5) is 24.2. The Morgan fingerprint density at radius 3 is 2.32 bits per heavy atom. The van der Waals surface area contributed by atoms with Crippen molar-refractivity contribution in [2.75, 3.05) is 19.0 Å². The molecule has 0 aromatic heterocycles. The lowest BCUT2D eigenvalue weighted by molar-refractivity contribution is -0.124. The first kappa shape index (κ1) is 28.2. The van der Waals surface area contributed by atoms with Crippen LogP contribution in [-0.4, -0.2) is 31.7 Å². The van der Waals surface area contributed by atoms with Crippen LogP contribution in [0.5, 0.6) is 17.2 Å². The van der Waals surface area contributed by atoms with Crippen molar-refractivity contribution in [2.24, 2.45) is 5.10 Å². The summed E-state index contributed by atoms with van der Waals surface area (Å²) in [6, 6.07) is 18.4. The maximum Gasteiger partial charge on any atom is 0.240 e. The number of rotatable bonds is 12. The summed E-state index contributed by atoms with van der Waals surface area (Å²) >= 11 is 6.93. The van der Waals surface area contributed by atoms with Crippen LogP contribution in [0, 0.1) is 0 Å². The first-order chi connectivity index (χ1) is 17.9. The van der Waals surface area contributed by atoms with Crippen LogP contribution in [-0.2, 0) is 16.2 Å². The highest BCUT2D eigenvalue weighted by molar-refractivity contribution is 9.10. The Bertz CT molecular complexity index is 1230. The molecule has 3 aromatic rings. The van der Waals surface area contributed by atoms with Crippen LogP contribution >= 0.6 is 31.9 Å². The summed E-state index contributed by atoms with van der Waals surface area (Å²) in [5.41, 5.74) is 4.77. The zero-order valence-corrected chi connectivity index (χ0v) is 23.6. The van der Waals surface area contributed by atoms with E-state index in [0.29, 0.717) is 40.4 Å². The number of halogens is 2. The average molecular weight is 633 g/mol. The van der Waals surface area contributed by atoms with E-state index in [1.165, 1.54) is 6.21 Å². The molecule has 0 radical (unpaired) electrons. The zero-order chi connectivity index (χ0) is 26.6. The van der Waals surface area contributed by atoms with E-state index >= 15 is 0 Å². The predicted octanol–water partition coefficient (Wildman–Crippen LogP) is 6.07. The number of ether oxygens (including phenoxy) is 3. The van der Waals surface area contributed by atoms with Crippen LogP contribution in [0.3, 0.4) is 0 Å². The van der Waals surface area contributed by atoms with Gasteiger partial charge in [0.2, 0.25) is 11.8 Å². The predicted molar refractivity (Wildman–Crippen MR) is 150 cm³/mol. The maximum absolute atomic E-state index is 12.1. The third-order valence-electron chi connectivity index (χ3n) is 4.98. The topological polar surface area (TPSA) is 98.2 Å². The Morgan fingerprint density at radius 1 is 0.946 bits per heavy atom. The highest BCUT2D eigenvalue weighted by Crippen LogP contribution is 2.37. The Labute approximate surface area is 232 Å². The van der Waals surface area contributed by atoms with Gasteiger partial charge in [0.1, 0.15) is 12.4 Å². The fourth-order valence-corrected chi connectivity index (χ4v) is 4.02. The molecule has 8 nitrogen and oxygen atoms in total. The fourth-order valence-electron chi connectivity index (χ4n) is 3.18. The first-order valence-corrected chi connectivity index (χ1v) is 13.1. The van der Waals surface area contributed by atoms with Gasteiger partial charge in [0.25, 0.3) is 0 Å². The van der Waals surface area contributed by atoms with Crippen molar-refractivity contribution in [2.45, 2.75) is 26.4 Å². The minimum atomic E-state index is -0.376. The second-order valence-corrected chi connectivity index (χ2v) is 9.52. The number of anilines is 1. The molecular formula is C27H27Br2N3O5. The molecule has 0 fully saturated rings. The van der Waals surface area contributed by atoms with Crippen molar-refractivity contribution in [3.63, 3.8) is 0 Å².